The van der Waals surface area contributed by atoms with E-state index in [1.54, 1.807) is 45.0 Å². The summed E-state index contributed by atoms with van der Waals surface area (Å²) >= 11 is 5.84. The highest BCUT2D eigenvalue weighted by Crippen LogP contribution is 2.37. The Morgan fingerprint density at radius 3 is 2.77 bits per heavy atom. The fourth-order valence-electron chi connectivity index (χ4n) is 4.30. The minimum atomic E-state index is -0.822. The number of benzene rings is 1. The Morgan fingerprint density at radius 1 is 1.25 bits per heavy atom. The van der Waals surface area contributed by atoms with Crippen molar-refractivity contribution in [1.82, 2.24) is 14.5 Å². The van der Waals surface area contributed by atoms with Gasteiger partial charge in [0.05, 0.1) is 29.5 Å². The molecule has 0 aliphatic carbocycles. The van der Waals surface area contributed by atoms with Crippen molar-refractivity contribution in [2.75, 3.05) is 13.7 Å². The van der Waals surface area contributed by atoms with Crippen molar-refractivity contribution in [3.63, 3.8) is 0 Å². The molecule has 0 saturated carbocycles. The molecule has 4 heterocycles. The Kier molecular flexibility index (Phi) is 7.97. The largest absolute Gasteiger partial charge is 0.496 e. The number of H-pyrrole nitrogens is 1. The van der Waals surface area contributed by atoms with Gasteiger partial charge in [0.15, 0.2) is 15.1 Å². The Labute approximate surface area is 244 Å². The molecule has 1 atom stereocenters. The van der Waals surface area contributed by atoms with E-state index in [0.717, 1.165) is 16.2 Å². The maximum atomic E-state index is 13.9. The van der Waals surface area contributed by atoms with Crippen LogP contribution in [0.2, 0.25) is 0 Å². The fourth-order valence-corrected chi connectivity index (χ4v) is 6.51. The summed E-state index contributed by atoms with van der Waals surface area (Å²) in [6.45, 7) is 5.35. The van der Waals surface area contributed by atoms with Crippen LogP contribution in [0.25, 0.3) is 6.08 Å². The van der Waals surface area contributed by atoms with Crippen molar-refractivity contribution in [2.24, 2.45) is 4.99 Å². The first kappa shape index (κ1) is 27.9. The summed E-state index contributed by atoms with van der Waals surface area (Å²) < 4.78 is 19.5. The van der Waals surface area contributed by atoms with Gasteiger partial charge in [-0.05, 0) is 62.9 Å². The van der Waals surface area contributed by atoms with E-state index in [9.17, 15) is 14.4 Å². The van der Waals surface area contributed by atoms with E-state index in [2.05, 4.69) is 30.9 Å². The van der Waals surface area contributed by atoms with Gasteiger partial charge in [0, 0.05) is 27.9 Å². The molecule has 0 radical (unpaired) electrons. The van der Waals surface area contributed by atoms with Crippen molar-refractivity contribution >= 4 is 51.1 Å². The number of thiazole rings is 1. The zero-order valence-electron chi connectivity index (χ0n) is 21.8. The Hall–Kier alpha value is -3.68. The summed E-state index contributed by atoms with van der Waals surface area (Å²) in [5.41, 5.74) is 1.31. The topological polar surface area (TPSA) is 129 Å². The van der Waals surface area contributed by atoms with Crippen LogP contribution in [-0.2, 0) is 9.53 Å². The molecule has 13 heteroatoms. The van der Waals surface area contributed by atoms with Crippen LogP contribution < -0.4 is 25.2 Å². The van der Waals surface area contributed by atoms with Gasteiger partial charge in [-0.3, -0.25) is 14.2 Å². The zero-order chi connectivity index (χ0) is 28.6. The van der Waals surface area contributed by atoms with Gasteiger partial charge < -0.3 is 18.9 Å². The molecule has 0 spiro atoms. The average Bonchev–Trinajstić information content (AvgIpc) is 3.46. The average molecular weight is 644 g/mol. The number of allylic oxidation sites excluding steroid dienone is 1. The van der Waals surface area contributed by atoms with E-state index in [1.165, 1.54) is 29.1 Å². The molecule has 1 aliphatic rings. The highest BCUT2D eigenvalue weighted by atomic mass is 79.9. The monoisotopic (exact) mass is 642 g/mol. The second kappa shape index (κ2) is 11.4. The van der Waals surface area contributed by atoms with Gasteiger partial charge in [0.25, 0.3) is 11.1 Å². The molecule has 0 amide bonds. The number of carbonyl (C=O) groups is 1. The molecule has 206 valence electrons. The number of aryl methyl sites for hydroxylation is 1. The molecule has 40 heavy (non-hydrogen) atoms. The lowest BCUT2D eigenvalue weighted by molar-refractivity contribution is -0.139. The molecule has 0 saturated heterocycles. The summed E-state index contributed by atoms with van der Waals surface area (Å²) in [7, 11) is 1.53. The molecule has 3 aromatic heterocycles. The minimum absolute atomic E-state index is 0.174. The van der Waals surface area contributed by atoms with Crippen LogP contribution in [0.3, 0.4) is 0 Å². The number of nitrogens with one attached hydrogen (secondary N) is 1. The van der Waals surface area contributed by atoms with Gasteiger partial charge in [-0.15, -0.1) is 0 Å². The number of furan rings is 1. The summed E-state index contributed by atoms with van der Waals surface area (Å²) in [6, 6.07) is 9.44. The third kappa shape index (κ3) is 5.49. The molecule has 10 nitrogen and oxygen atoms in total. The van der Waals surface area contributed by atoms with Crippen molar-refractivity contribution in [3.8, 4) is 5.75 Å². The molecule has 5 rings (SSSR count). The van der Waals surface area contributed by atoms with Crippen LogP contribution in [0.15, 0.2) is 81.4 Å². The summed E-state index contributed by atoms with van der Waals surface area (Å²) in [4.78, 5) is 50.7. The zero-order valence-corrected chi connectivity index (χ0v) is 25.0. The second-order valence-corrected chi connectivity index (χ2v) is 11.6. The Morgan fingerprint density at radius 2 is 2.05 bits per heavy atom. The number of hydrogen-bond donors (Lipinski definition) is 1. The smallest absolute Gasteiger partial charge is 0.338 e. The van der Waals surface area contributed by atoms with E-state index in [4.69, 9.17) is 13.9 Å². The van der Waals surface area contributed by atoms with Crippen molar-refractivity contribution in [1.29, 1.82) is 0 Å². The van der Waals surface area contributed by atoms with Crippen molar-refractivity contribution in [3.05, 3.63) is 99.2 Å². The molecule has 1 aliphatic heterocycles. The minimum Gasteiger partial charge on any atom is -0.496 e. The number of carbonyl (C=O) groups excluding carboxylic acids is 1. The number of halogens is 1. The van der Waals surface area contributed by atoms with E-state index < -0.39 is 12.0 Å². The number of methoxy groups -OCH3 is 1. The van der Waals surface area contributed by atoms with Crippen LogP contribution in [0.1, 0.15) is 36.9 Å². The Bertz CT molecular complexity index is 1900. The van der Waals surface area contributed by atoms with Gasteiger partial charge in [0.1, 0.15) is 17.6 Å². The highest BCUT2D eigenvalue weighted by Gasteiger charge is 2.35. The predicted molar refractivity (Wildman–Crippen MR) is 154 cm³/mol. The normalized spacial score (nSPS) is 15.1. The lowest BCUT2D eigenvalue weighted by Gasteiger charge is -2.26. The SMILES string of the molecule is CCOC(=O)C1=C(C)N=c2s/c(=C\c3ccc(Sc4nc(C)cc(=O)[nH]4)o3)c(=O)n2[C@@H]1c1cc(Br)ccc1OC. The summed E-state index contributed by atoms with van der Waals surface area (Å²) in [5, 5.41) is 0.889. The van der Waals surface area contributed by atoms with Crippen LogP contribution in [-0.4, -0.2) is 34.2 Å². The molecule has 4 aromatic rings. The number of rotatable bonds is 7. The van der Waals surface area contributed by atoms with Crippen LogP contribution in [0.5, 0.6) is 5.75 Å². The van der Waals surface area contributed by atoms with Crippen LogP contribution in [0, 0.1) is 6.92 Å². The van der Waals surface area contributed by atoms with E-state index in [1.807, 2.05) is 12.1 Å². The van der Waals surface area contributed by atoms with Crippen molar-refractivity contribution in [2.45, 2.75) is 37.1 Å². The Balaban J connectivity index is 1.61. The van der Waals surface area contributed by atoms with Crippen molar-refractivity contribution < 1.29 is 18.7 Å². The fraction of sp³-hybridized carbons (Fsp3) is 0.222. The number of hydrogen-bond acceptors (Lipinski definition) is 10. The molecule has 0 bridgehead atoms. The summed E-state index contributed by atoms with van der Waals surface area (Å²) in [6.07, 6.45) is 1.62. The maximum Gasteiger partial charge on any atom is 0.338 e. The number of esters is 1. The van der Waals surface area contributed by atoms with Gasteiger partial charge in [-0.2, -0.15) is 0 Å². The lowest BCUT2D eigenvalue weighted by Crippen LogP contribution is -2.40. The molecular formula is C27H23BrN4O6S2. The summed E-state index contributed by atoms with van der Waals surface area (Å²) in [5.74, 6) is 0.385. The quantitative estimate of drug-likeness (QED) is 0.239. The van der Waals surface area contributed by atoms with Gasteiger partial charge >= 0.3 is 5.97 Å². The first-order valence-corrected chi connectivity index (χ1v) is 14.5. The van der Waals surface area contributed by atoms with Gasteiger partial charge in [0.2, 0.25) is 0 Å². The molecule has 0 fully saturated rings. The predicted octanol–water partition coefficient (Wildman–Crippen LogP) is 3.71. The molecule has 1 N–H and O–H groups in total. The third-order valence-corrected chi connectivity index (χ3v) is 8.21. The van der Waals surface area contributed by atoms with E-state index in [0.29, 0.717) is 48.0 Å². The maximum absolute atomic E-state index is 13.9. The first-order valence-electron chi connectivity index (χ1n) is 12.1. The molecule has 0 unspecified atom stereocenters. The van der Waals surface area contributed by atoms with Crippen LogP contribution in [0.4, 0.5) is 0 Å². The van der Waals surface area contributed by atoms with Gasteiger partial charge in [-0.25, -0.2) is 14.8 Å². The number of aromatic nitrogens is 3. The second-order valence-electron chi connectivity index (χ2n) is 8.64. The van der Waals surface area contributed by atoms with Gasteiger partial charge in [-0.1, -0.05) is 27.3 Å². The lowest BCUT2D eigenvalue weighted by atomic mass is 9.95. The molecular weight excluding hydrogens is 620 g/mol. The number of aromatic amines is 1. The number of fused-ring (bicyclic) bond motifs is 1. The van der Waals surface area contributed by atoms with Crippen LogP contribution >= 0.6 is 39.0 Å². The highest BCUT2D eigenvalue weighted by molar-refractivity contribution is 9.10. The number of nitrogens with zero attached hydrogens (tertiary/aromatic N) is 3. The number of ether oxygens (including phenoxy) is 2. The van der Waals surface area contributed by atoms with E-state index in [-0.39, 0.29) is 23.3 Å². The molecule has 1 aromatic carbocycles. The standard InChI is InChI=1S/C27H23BrN4O6S2/c1-5-37-25(35)22-14(3)30-27-32(23(22)17-11-15(28)6-8-18(17)36-4)24(34)19(39-27)12-16-7-9-21(38-16)40-26-29-13(2)10-20(33)31-26/h6-12,23H,5H2,1-4H3,(H,29,31,33)/b19-12-/t23-/m1/s1. The first-order chi connectivity index (χ1) is 19.2. The van der Waals surface area contributed by atoms with E-state index >= 15 is 0 Å². The third-order valence-electron chi connectivity index (χ3n) is 5.92.